The maximum atomic E-state index is 12.6. The molecule has 0 aliphatic heterocycles. The third kappa shape index (κ3) is 2.89. The monoisotopic (exact) mass is 294 g/mol. The van der Waals surface area contributed by atoms with Gasteiger partial charge >= 0.3 is 6.18 Å². The highest BCUT2D eigenvalue weighted by Crippen LogP contribution is 2.29. The van der Waals surface area contributed by atoms with Crippen LogP contribution in [0.5, 0.6) is 0 Å². The highest BCUT2D eigenvalue weighted by molar-refractivity contribution is 5.56. The molecule has 0 amide bonds. The van der Waals surface area contributed by atoms with Crippen molar-refractivity contribution in [1.82, 2.24) is 14.8 Å². The molecule has 0 radical (unpaired) electrons. The summed E-state index contributed by atoms with van der Waals surface area (Å²) in [6, 6.07) is 8.86. The fraction of sp³-hybridized carbons (Fsp3) is 0.357. The molecule has 0 N–H and O–H groups in total. The summed E-state index contributed by atoms with van der Waals surface area (Å²) in [5.74, 6) is -1.04. The van der Waals surface area contributed by atoms with Crippen molar-refractivity contribution in [3.05, 3.63) is 35.7 Å². The average molecular weight is 294 g/mol. The molecular weight excluding hydrogens is 281 g/mol. The van der Waals surface area contributed by atoms with Crippen molar-refractivity contribution in [1.29, 1.82) is 5.26 Å². The van der Waals surface area contributed by atoms with E-state index in [9.17, 15) is 13.2 Å². The van der Waals surface area contributed by atoms with E-state index >= 15 is 0 Å². The first-order chi connectivity index (χ1) is 9.65. The van der Waals surface area contributed by atoms with Crippen LogP contribution in [-0.2, 0) is 18.6 Å². The van der Waals surface area contributed by atoms with Gasteiger partial charge in [0.2, 0.25) is 0 Å². The first-order valence-electron chi connectivity index (χ1n) is 6.15. The van der Waals surface area contributed by atoms with Gasteiger partial charge in [0.15, 0.2) is 5.82 Å². The SMILES string of the molecule is Cn1nc(C(F)(F)F)nc1-c1ccc(C(C)(C)C#N)cc1. The van der Waals surface area contributed by atoms with E-state index in [1.807, 2.05) is 0 Å². The van der Waals surface area contributed by atoms with Crippen LogP contribution in [0, 0.1) is 11.3 Å². The molecule has 0 unspecified atom stereocenters. The molecule has 2 aromatic rings. The summed E-state index contributed by atoms with van der Waals surface area (Å²) in [5, 5.41) is 12.4. The van der Waals surface area contributed by atoms with Crippen LogP contribution in [0.2, 0.25) is 0 Å². The summed E-state index contributed by atoms with van der Waals surface area (Å²) in [5.41, 5.74) is 0.639. The molecule has 7 heteroatoms. The number of benzene rings is 1. The average Bonchev–Trinajstić information content (AvgIpc) is 2.81. The van der Waals surface area contributed by atoms with E-state index in [-0.39, 0.29) is 5.82 Å². The van der Waals surface area contributed by atoms with Gasteiger partial charge in [-0.2, -0.15) is 18.4 Å². The van der Waals surface area contributed by atoms with Crippen LogP contribution in [0.25, 0.3) is 11.4 Å². The third-order valence-corrected chi connectivity index (χ3v) is 3.16. The van der Waals surface area contributed by atoms with Crippen molar-refractivity contribution in [3.63, 3.8) is 0 Å². The van der Waals surface area contributed by atoms with E-state index in [0.29, 0.717) is 5.56 Å². The van der Waals surface area contributed by atoms with Crippen molar-refractivity contribution in [3.8, 4) is 17.5 Å². The number of alkyl halides is 3. The summed E-state index contributed by atoms with van der Waals surface area (Å²) >= 11 is 0. The lowest BCUT2D eigenvalue weighted by Gasteiger charge is -2.15. The number of aromatic nitrogens is 3. The van der Waals surface area contributed by atoms with Crippen LogP contribution in [0.15, 0.2) is 24.3 Å². The zero-order valence-corrected chi connectivity index (χ0v) is 11.7. The van der Waals surface area contributed by atoms with Crippen molar-refractivity contribution in [2.45, 2.75) is 25.4 Å². The van der Waals surface area contributed by atoms with E-state index < -0.39 is 17.4 Å². The van der Waals surface area contributed by atoms with E-state index in [4.69, 9.17) is 5.26 Å². The van der Waals surface area contributed by atoms with Crippen LogP contribution in [-0.4, -0.2) is 14.8 Å². The summed E-state index contributed by atoms with van der Waals surface area (Å²) < 4.78 is 38.9. The topological polar surface area (TPSA) is 54.5 Å². The quantitative estimate of drug-likeness (QED) is 0.854. The fourth-order valence-corrected chi connectivity index (χ4v) is 1.86. The number of hydrogen-bond donors (Lipinski definition) is 0. The van der Waals surface area contributed by atoms with Crippen molar-refractivity contribution in [2.75, 3.05) is 0 Å². The Morgan fingerprint density at radius 3 is 2.14 bits per heavy atom. The zero-order chi connectivity index (χ0) is 15.8. The second-order valence-electron chi connectivity index (χ2n) is 5.19. The molecule has 1 aromatic carbocycles. The van der Waals surface area contributed by atoms with Crippen molar-refractivity contribution < 1.29 is 13.2 Å². The van der Waals surface area contributed by atoms with Crippen LogP contribution in [0.1, 0.15) is 25.2 Å². The van der Waals surface area contributed by atoms with Crippen LogP contribution in [0.4, 0.5) is 13.2 Å². The smallest absolute Gasteiger partial charge is 0.248 e. The minimum Gasteiger partial charge on any atom is -0.248 e. The Bertz CT molecular complexity index is 690. The Labute approximate surface area is 119 Å². The van der Waals surface area contributed by atoms with Gasteiger partial charge in [-0.05, 0) is 19.4 Å². The van der Waals surface area contributed by atoms with Gasteiger partial charge in [-0.3, -0.25) is 0 Å². The van der Waals surface area contributed by atoms with Crippen molar-refractivity contribution >= 4 is 0 Å². The van der Waals surface area contributed by atoms with Gasteiger partial charge < -0.3 is 0 Å². The molecule has 0 aliphatic carbocycles. The first-order valence-corrected chi connectivity index (χ1v) is 6.15. The fourth-order valence-electron chi connectivity index (χ4n) is 1.86. The standard InChI is InChI=1S/C14H13F3N4/c1-13(2,8-18)10-6-4-9(5-7-10)11-19-12(14(15,16)17)20-21(11)3/h4-7H,1-3H3. The number of aryl methyl sites for hydroxylation is 1. The highest BCUT2D eigenvalue weighted by Gasteiger charge is 2.36. The first kappa shape index (κ1) is 15.0. The number of halogens is 3. The maximum Gasteiger partial charge on any atom is 0.453 e. The molecule has 110 valence electrons. The van der Waals surface area contributed by atoms with Gasteiger partial charge in [0.1, 0.15) is 0 Å². The van der Waals surface area contributed by atoms with Crippen LogP contribution in [0.3, 0.4) is 0 Å². The van der Waals surface area contributed by atoms with Crippen LogP contribution < -0.4 is 0 Å². The molecule has 0 bridgehead atoms. The zero-order valence-electron chi connectivity index (χ0n) is 11.7. The summed E-state index contributed by atoms with van der Waals surface area (Å²) in [4.78, 5) is 3.53. The molecule has 0 spiro atoms. The Morgan fingerprint density at radius 2 is 1.71 bits per heavy atom. The van der Waals surface area contributed by atoms with Gasteiger partial charge in [-0.1, -0.05) is 24.3 Å². The second-order valence-corrected chi connectivity index (χ2v) is 5.19. The Hall–Kier alpha value is -2.36. The lowest BCUT2D eigenvalue weighted by molar-refractivity contribution is -0.144. The molecule has 0 aliphatic rings. The second kappa shape index (κ2) is 4.88. The molecule has 1 heterocycles. The predicted molar refractivity (Wildman–Crippen MR) is 70.1 cm³/mol. The number of nitriles is 1. The Balaban J connectivity index is 2.41. The van der Waals surface area contributed by atoms with Gasteiger partial charge in [0.25, 0.3) is 5.82 Å². The number of rotatable bonds is 2. The van der Waals surface area contributed by atoms with Gasteiger partial charge in [0, 0.05) is 12.6 Å². The molecule has 21 heavy (non-hydrogen) atoms. The number of nitrogens with zero attached hydrogens (tertiary/aromatic N) is 4. The van der Waals surface area contributed by atoms with E-state index in [1.54, 1.807) is 38.1 Å². The highest BCUT2D eigenvalue weighted by atomic mass is 19.4. The van der Waals surface area contributed by atoms with Gasteiger partial charge in [0.05, 0.1) is 11.5 Å². The van der Waals surface area contributed by atoms with Crippen molar-refractivity contribution in [2.24, 2.45) is 7.05 Å². The normalized spacial score (nSPS) is 12.2. The van der Waals surface area contributed by atoms with E-state index in [2.05, 4.69) is 16.2 Å². The van der Waals surface area contributed by atoms with Gasteiger partial charge in [-0.15, -0.1) is 5.10 Å². The number of hydrogen-bond acceptors (Lipinski definition) is 3. The lowest BCUT2D eigenvalue weighted by Crippen LogP contribution is -2.13. The van der Waals surface area contributed by atoms with Crippen LogP contribution >= 0.6 is 0 Å². The minimum absolute atomic E-state index is 0.128. The Kier molecular flexibility index (Phi) is 3.49. The molecule has 4 nitrogen and oxygen atoms in total. The molecule has 2 rings (SSSR count). The summed E-state index contributed by atoms with van der Waals surface area (Å²) in [7, 11) is 1.41. The molecule has 0 atom stereocenters. The van der Waals surface area contributed by atoms with E-state index in [1.165, 1.54) is 7.05 Å². The molecular formula is C14H13F3N4. The van der Waals surface area contributed by atoms with Gasteiger partial charge in [-0.25, -0.2) is 9.67 Å². The summed E-state index contributed by atoms with van der Waals surface area (Å²) in [6.07, 6.45) is -4.57. The maximum absolute atomic E-state index is 12.6. The molecule has 0 saturated carbocycles. The van der Waals surface area contributed by atoms with E-state index in [0.717, 1.165) is 10.2 Å². The molecule has 0 saturated heterocycles. The molecule has 0 fully saturated rings. The predicted octanol–water partition coefficient (Wildman–Crippen LogP) is 3.30. The molecule has 1 aromatic heterocycles. The Morgan fingerprint density at radius 1 is 1.14 bits per heavy atom. The summed E-state index contributed by atoms with van der Waals surface area (Å²) in [6.45, 7) is 3.54. The largest absolute Gasteiger partial charge is 0.453 e. The lowest BCUT2D eigenvalue weighted by atomic mass is 9.86. The minimum atomic E-state index is -4.57. The third-order valence-electron chi connectivity index (χ3n) is 3.16.